The second-order valence-corrected chi connectivity index (χ2v) is 15.2. The Labute approximate surface area is 377 Å². The van der Waals surface area contributed by atoms with Gasteiger partial charge in [-0.15, -0.1) is 0 Å². The fourth-order valence-electron chi connectivity index (χ4n) is 6.57. The van der Waals surface area contributed by atoms with Crippen molar-refractivity contribution in [2.75, 3.05) is 25.6 Å². The molecule has 9 rings (SSSR count). The quantitative estimate of drug-likeness (QED) is 0.132. The van der Waals surface area contributed by atoms with Crippen molar-refractivity contribution in [3.8, 4) is 23.3 Å². The molecule has 0 bridgehead atoms. The van der Waals surface area contributed by atoms with Crippen LogP contribution in [0.3, 0.4) is 0 Å². The molecule has 5 heterocycles. The van der Waals surface area contributed by atoms with Gasteiger partial charge in [0.25, 0.3) is 0 Å². The Morgan fingerprint density at radius 2 is 1.32 bits per heavy atom. The molecule has 0 spiro atoms. The van der Waals surface area contributed by atoms with Gasteiger partial charge in [-0.3, -0.25) is 14.2 Å². The number of hydrogen-bond donors (Lipinski definition) is 1. The number of anilines is 1. The summed E-state index contributed by atoms with van der Waals surface area (Å²) in [6.07, 6.45) is 7.40. The summed E-state index contributed by atoms with van der Waals surface area (Å²) < 4.78 is 20.4. The van der Waals surface area contributed by atoms with Gasteiger partial charge in [-0.05, 0) is 132 Å². The molecule has 1 unspecified atom stereocenters. The summed E-state index contributed by atoms with van der Waals surface area (Å²) in [6.45, 7) is 4.94. The van der Waals surface area contributed by atoms with Crippen LogP contribution in [-0.2, 0) is 4.74 Å². The van der Waals surface area contributed by atoms with Gasteiger partial charge in [-0.25, -0.2) is 19.9 Å². The lowest BCUT2D eigenvalue weighted by molar-refractivity contribution is -0.0304. The summed E-state index contributed by atoms with van der Waals surface area (Å²) >= 11 is 3.42. The van der Waals surface area contributed by atoms with Crippen molar-refractivity contribution in [1.29, 1.82) is 0 Å². The minimum Gasteiger partial charge on any atom is -0.438 e. The van der Waals surface area contributed by atoms with E-state index in [0.717, 1.165) is 51.5 Å². The van der Waals surface area contributed by atoms with Crippen molar-refractivity contribution in [2.45, 2.75) is 60.6 Å². The van der Waals surface area contributed by atoms with Gasteiger partial charge in [-0.2, -0.15) is 0 Å². The van der Waals surface area contributed by atoms with Crippen LogP contribution in [0.1, 0.15) is 93.0 Å². The van der Waals surface area contributed by atoms with E-state index in [1.54, 1.807) is 60.9 Å². The van der Waals surface area contributed by atoms with Crippen LogP contribution in [0.25, 0.3) is 22.1 Å². The molecule has 1 N–H and O–H groups in total. The maximum absolute atomic E-state index is 13.4. The van der Waals surface area contributed by atoms with Crippen molar-refractivity contribution in [3.63, 3.8) is 0 Å². The predicted molar refractivity (Wildman–Crippen MR) is 254 cm³/mol. The number of H-pyrrole nitrogens is 1. The maximum Gasteiger partial charge on any atom is 0.243 e. The second-order valence-electron chi connectivity index (χ2n) is 14.3. The Morgan fingerprint density at radius 3 is 1.94 bits per heavy atom. The second kappa shape index (κ2) is 22.4. The standard InChI is InChI=1S/C24H20BrN3O3.C21H18N4O2.C3H8.2CH4/c25-18-6-5-14-26-24(18)31-17-12-10-16(11-13-17)22(29)23-27-19-7-1-2-8-20(19)28(23)21-9-3-4-15-30-21;1-25(2)18-8-5-13-22-21(18)27-15-11-9-14(10-12-15)19(26)20-23-16-6-3-4-7-17(16)24-20;1-3-2;;/h1-2,5-8,10-14,21H,3-4,9,15H2;3-13H,1-2H3,(H,23,24);3H2,1-2H3;2*1H4. The highest BCUT2D eigenvalue weighted by atomic mass is 79.9. The van der Waals surface area contributed by atoms with Crippen LogP contribution in [0.2, 0.25) is 0 Å². The minimum absolute atomic E-state index is 0. The van der Waals surface area contributed by atoms with Gasteiger partial charge in [0.2, 0.25) is 23.3 Å². The number of aromatic nitrogens is 6. The lowest BCUT2D eigenvalue weighted by Gasteiger charge is -2.25. The van der Waals surface area contributed by atoms with Crippen LogP contribution in [0.5, 0.6) is 23.3 Å². The third kappa shape index (κ3) is 11.4. The summed E-state index contributed by atoms with van der Waals surface area (Å²) in [5, 5.41) is 0. The summed E-state index contributed by atoms with van der Waals surface area (Å²) in [4.78, 5) is 48.6. The fraction of sp³-hybridized carbons (Fsp3) is 0.240. The molecule has 12 nitrogen and oxygen atoms in total. The molecule has 1 aliphatic rings. The van der Waals surface area contributed by atoms with E-state index in [9.17, 15) is 9.59 Å². The van der Waals surface area contributed by atoms with Gasteiger partial charge in [0.05, 0.1) is 32.2 Å². The first-order valence-corrected chi connectivity index (χ1v) is 20.9. The van der Waals surface area contributed by atoms with Crippen molar-refractivity contribution in [3.05, 3.63) is 161 Å². The number of aromatic amines is 1. The molecule has 1 fully saturated rings. The van der Waals surface area contributed by atoms with Gasteiger partial charge < -0.3 is 24.1 Å². The Balaban J connectivity index is 0.000000219. The molecule has 326 valence electrons. The van der Waals surface area contributed by atoms with Gasteiger partial charge in [-0.1, -0.05) is 59.4 Å². The molecule has 0 radical (unpaired) electrons. The molecule has 1 saturated heterocycles. The molecule has 0 aliphatic carbocycles. The Hall–Kier alpha value is -6.70. The third-order valence-corrected chi connectivity index (χ3v) is 10.1. The van der Waals surface area contributed by atoms with Crippen molar-refractivity contribution >= 4 is 55.3 Å². The highest BCUT2D eigenvalue weighted by Gasteiger charge is 2.26. The van der Waals surface area contributed by atoms with Crippen LogP contribution in [0, 0.1) is 0 Å². The number of halogens is 1. The average molecular weight is 913 g/mol. The number of imidazole rings is 2. The number of fused-ring (bicyclic) bond motifs is 2. The SMILES string of the molecule is C.C.CCC.CN(C)c1cccnc1Oc1ccc(C(=O)c2nc3ccccc3[nH]2)cc1.O=C(c1ccc(Oc2ncccc2Br)cc1)c1nc2ccccc2n1C1CCCCO1. The Bertz CT molecular complexity index is 2690. The predicted octanol–water partition coefficient (Wildman–Crippen LogP) is 12.7. The molecular formula is C50H54BrN7O5. The van der Waals surface area contributed by atoms with Gasteiger partial charge in [0, 0.05) is 44.2 Å². The fourth-order valence-corrected chi connectivity index (χ4v) is 6.91. The number of ketones is 2. The smallest absolute Gasteiger partial charge is 0.243 e. The Morgan fingerprint density at radius 1 is 0.730 bits per heavy atom. The van der Waals surface area contributed by atoms with Crippen LogP contribution in [-0.4, -0.2) is 61.8 Å². The van der Waals surface area contributed by atoms with Crippen LogP contribution in [0.15, 0.2) is 138 Å². The zero-order chi connectivity index (χ0) is 42.7. The van der Waals surface area contributed by atoms with E-state index in [1.807, 2.05) is 96.4 Å². The molecule has 1 atom stereocenters. The summed E-state index contributed by atoms with van der Waals surface area (Å²) in [5.41, 5.74) is 5.27. The number of nitrogens with one attached hydrogen (secondary N) is 1. The number of benzene rings is 4. The molecule has 4 aromatic heterocycles. The number of carbonyl (C=O) groups excluding carboxylic acids is 2. The number of nitrogens with zero attached hydrogens (tertiary/aromatic N) is 6. The number of para-hydroxylation sites is 4. The van der Waals surface area contributed by atoms with Gasteiger partial charge in [0.15, 0.2) is 11.6 Å². The Kier molecular flexibility index (Phi) is 16.8. The van der Waals surface area contributed by atoms with Crippen molar-refractivity contribution < 1.29 is 23.8 Å². The van der Waals surface area contributed by atoms with E-state index in [2.05, 4.69) is 54.7 Å². The number of rotatable bonds is 10. The molecule has 4 aromatic carbocycles. The lowest BCUT2D eigenvalue weighted by Crippen LogP contribution is -2.22. The van der Waals surface area contributed by atoms with Gasteiger partial charge >= 0.3 is 0 Å². The van der Waals surface area contributed by atoms with E-state index >= 15 is 0 Å². The zero-order valence-electron chi connectivity index (χ0n) is 34.4. The number of carbonyl (C=O) groups is 2. The van der Waals surface area contributed by atoms with Crippen molar-refractivity contribution in [2.24, 2.45) is 0 Å². The minimum atomic E-state index is -0.177. The molecule has 0 saturated carbocycles. The highest BCUT2D eigenvalue weighted by molar-refractivity contribution is 9.10. The number of hydrogen-bond acceptors (Lipinski definition) is 10. The normalized spacial score (nSPS) is 12.9. The van der Waals surface area contributed by atoms with E-state index < -0.39 is 0 Å². The topological polar surface area (TPSA) is 137 Å². The van der Waals surface area contributed by atoms with E-state index in [-0.39, 0.29) is 32.6 Å². The lowest BCUT2D eigenvalue weighted by atomic mass is 10.1. The molecule has 1 aliphatic heterocycles. The van der Waals surface area contributed by atoms with E-state index in [1.165, 1.54) is 6.42 Å². The molecule has 0 amide bonds. The molecule has 8 aromatic rings. The first-order chi connectivity index (χ1) is 29.7. The molecular weight excluding hydrogens is 858 g/mol. The van der Waals surface area contributed by atoms with Crippen LogP contribution in [0.4, 0.5) is 5.69 Å². The third-order valence-electron chi connectivity index (χ3n) is 9.47. The highest BCUT2D eigenvalue weighted by Crippen LogP contribution is 2.32. The van der Waals surface area contributed by atoms with Crippen LogP contribution >= 0.6 is 15.9 Å². The maximum atomic E-state index is 13.4. The zero-order valence-corrected chi connectivity index (χ0v) is 36.0. The summed E-state index contributed by atoms with van der Waals surface area (Å²) in [5.74, 6) is 2.61. The van der Waals surface area contributed by atoms with Crippen molar-refractivity contribution in [1.82, 2.24) is 29.5 Å². The number of pyridine rings is 2. The summed E-state index contributed by atoms with van der Waals surface area (Å²) in [7, 11) is 3.86. The average Bonchev–Trinajstić information content (AvgIpc) is 3.91. The van der Waals surface area contributed by atoms with Gasteiger partial charge in [0.1, 0.15) is 17.7 Å². The summed E-state index contributed by atoms with van der Waals surface area (Å²) in [6, 6.07) is 36.8. The first kappa shape index (κ1) is 47.4. The monoisotopic (exact) mass is 911 g/mol. The molecule has 63 heavy (non-hydrogen) atoms. The van der Waals surface area contributed by atoms with Crippen LogP contribution < -0.4 is 14.4 Å². The first-order valence-electron chi connectivity index (χ1n) is 20.2. The number of ether oxygens (including phenoxy) is 3. The van der Waals surface area contributed by atoms with E-state index in [4.69, 9.17) is 14.2 Å². The van der Waals surface area contributed by atoms with E-state index in [0.29, 0.717) is 52.6 Å². The molecule has 13 heteroatoms. The largest absolute Gasteiger partial charge is 0.438 e.